The van der Waals surface area contributed by atoms with E-state index < -0.39 is 23.9 Å². The molecule has 0 bridgehead atoms. The van der Waals surface area contributed by atoms with Crippen molar-refractivity contribution >= 4 is 23.9 Å². The number of esters is 3. The fourth-order valence-electron chi connectivity index (χ4n) is 2.43. The lowest BCUT2D eigenvalue weighted by molar-refractivity contribution is -0.138. The molecule has 0 fully saturated rings. The van der Waals surface area contributed by atoms with Crippen LogP contribution in [0.5, 0.6) is 17.2 Å². The van der Waals surface area contributed by atoms with Crippen LogP contribution < -0.4 is 14.2 Å². The van der Waals surface area contributed by atoms with Gasteiger partial charge in [0, 0.05) is 19.3 Å². The summed E-state index contributed by atoms with van der Waals surface area (Å²) in [5.74, 6) is -3.91. The number of carbonyl (C=O) groups excluding carboxylic acids is 3. The van der Waals surface area contributed by atoms with Crippen LogP contribution >= 0.6 is 0 Å². The van der Waals surface area contributed by atoms with Gasteiger partial charge in [0.1, 0.15) is 0 Å². The van der Waals surface area contributed by atoms with Gasteiger partial charge in [0.05, 0.1) is 5.56 Å². The van der Waals surface area contributed by atoms with Gasteiger partial charge in [-0.05, 0) is 31.4 Å². The molecule has 1 aromatic rings. The maximum Gasteiger partial charge on any atom is 0.335 e. The summed E-state index contributed by atoms with van der Waals surface area (Å²) in [6.45, 7) is 5.73. The Labute approximate surface area is 176 Å². The van der Waals surface area contributed by atoms with Crippen LogP contribution in [0.25, 0.3) is 0 Å². The zero-order valence-corrected chi connectivity index (χ0v) is 17.8. The molecule has 0 heterocycles. The van der Waals surface area contributed by atoms with Crippen LogP contribution in [0.2, 0.25) is 0 Å². The van der Waals surface area contributed by atoms with Gasteiger partial charge in [-0.1, -0.05) is 40.0 Å². The Morgan fingerprint density at radius 2 is 1.07 bits per heavy atom. The molecule has 1 N–H and O–H groups in total. The number of ether oxygens (including phenoxy) is 3. The summed E-state index contributed by atoms with van der Waals surface area (Å²) < 4.78 is 15.9. The van der Waals surface area contributed by atoms with Crippen LogP contribution in [0.4, 0.5) is 0 Å². The fourth-order valence-corrected chi connectivity index (χ4v) is 2.43. The van der Waals surface area contributed by atoms with Crippen molar-refractivity contribution in [2.24, 2.45) is 0 Å². The van der Waals surface area contributed by atoms with E-state index >= 15 is 0 Å². The molecule has 30 heavy (non-hydrogen) atoms. The van der Waals surface area contributed by atoms with E-state index in [1.165, 1.54) is 0 Å². The number of rotatable bonds is 13. The van der Waals surface area contributed by atoms with Crippen LogP contribution in [0.1, 0.15) is 88.9 Å². The Morgan fingerprint density at radius 1 is 0.700 bits per heavy atom. The quantitative estimate of drug-likeness (QED) is 0.360. The lowest BCUT2D eigenvalue weighted by Gasteiger charge is -2.15. The van der Waals surface area contributed by atoms with E-state index in [2.05, 4.69) is 0 Å². The Balaban J connectivity index is 3.33. The van der Waals surface area contributed by atoms with E-state index in [0.717, 1.165) is 31.4 Å². The molecule has 0 aliphatic rings. The van der Waals surface area contributed by atoms with Gasteiger partial charge in [-0.25, -0.2) is 4.79 Å². The van der Waals surface area contributed by atoms with Gasteiger partial charge >= 0.3 is 23.9 Å². The lowest BCUT2D eigenvalue weighted by Crippen LogP contribution is -2.15. The highest BCUT2D eigenvalue weighted by Crippen LogP contribution is 2.40. The van der Waals surface area contributed by atoms with Crippen LogP contribution in [0, 0.1) is 0 Å². The van der Waals surface area contributed by atoms with Crippen molar-refractivity contribution in [1.82, 2.24) is 0 Å². The summed E-state index contributed by atoms with van der Waals surface area (Å²) >= 11 is 0. The summed E-state index contributed by atoms with van der Waals surface area (Å²) in [7, 11) is 0. The van der Waals surface area contributed by atoms with E-state index in [1.807, 2.05) is 20.8 Å². The number of carbonyl (C=O) groups is 4. The molecule has 8 nitrogen and oxygen atoms in total. The van der Waals surface area contributed by atoms with Gasteiger partial charge in [0.15, 0.2) is 11.5 Å². The first kappa shape index (κ1) is 25.1. The second-order valence-electron chi connectivity index (χ2n) is 6.84. The Bertz CT molecular complexity index is 710. The third kappa shape index (κ3) is 8.63. The minimum Gasteiger partial charge on any atom is -0.478 e. The summed E-state index contributed by atoms with van der Waals surface area (Å²) in [6.07, 6.45) is 4.40. The van der Waals surface area contributed by atoms with Gasteiger partial charge in [-0.15, -0.1) is 0 Å². The van der Waals surface area contributed by atoms with Crippen LogP contribution in [-0.2, 0) is 14.4 Å². The fraction of sp³-hybridized carbons (Fsp3) is 0.545. The van der Waals surface area contributed by atoms with Crippen LogP contribution in [0.15, 0.2) is 12.1 Å². The second-order valence-corrected chi connectivity index (χ2v) is 6.84. The standard InChI is InChI=1S/C22H30O8/c1-4-7-10-18(23)28-16-13-15(22(26)27)14-17(29-19(24)11-8-5-2)21(16)30-20(25)12-9-6-3/h13-14H,4-12H2,1-3H3,(H,26,27). The van der Waals surface area contributed by atoms with E-state index in [9.17, 15) is 24.3 Å². The average molecular weight is 422 g/mol. The normalized spacial score (nSPS) is 10.4. The van der Waals surface area contributed by atoms with Crippen molar-refractivity contribution < 1.29 is 38.5 Å². The molecule has 8 heteroatoms. The molecule has 0 atom stereocenters. The third-order valence-corrected chi connectivity index (χ3v) is 4.13. The Hall–Kier alpha value is -2.90. The maximum absolute atomic E-state index is 12.2. The molecule has 0 aromatic heterocycles. The second kappa shape index (κ2) is 13.3. The van der Waals surface area contributed by atoms with Crippen molar-refractivity contribution in [3.8, 4) is 17.2 Å². The van der Waals surface area contributed by atoms with E-state index in [4.69, 9.17) is 14.2 Å². The highest BCUT2D eigenvalue weighted by molar-refractivity contribution is 5.91. The Morgan fingerprint density at radius 3 is 1.40 bits per heavy atom. The molecule has 0 aliphatic carbocycles. The molecule has 0 amide bonds. The number of unbranched alkanes of at least 4 members (excludes halogenated alkanes) is 3. The first-order chi connectivity index (χ1) is 14.3. The zero-order valence-electron chi connectivity index (χ0n) is 17.8. The van der Waals surface area contributed by atoms with E-state index in [0.29, 0.717) is 19.3 Å². The molecule has 0 radical (unpaired) electrons. The van der Waals surface area contributed by atoms with E-state index in [1.54, 1.807) is 0 Å². The topological polar surface area (TPSA) is 116 Å². The van der Waals surface area contributed by atoms with Gasteiger partial charge in [0.2, 0.25) is 5.75 Å². The molecule has 0 spiro atoms. The van der Waals surface area contributed by atoms with Crippen LogP contribution in [0.3, 0.4) is 0 Å². The molecular formula is C22H30O8. The lowest BCUT2D eigenvalue weighted by atomic mass is 10.1. The van der Waals surface area contributed by atoms with Gasteiger partial charge in [-0.2, -0.15) is 0 Å². The van der Waals surface area contributed by atoms with Crippen molar-refractivity contribution in [1.29, 1.82) is 0 Å². The molecule has 0 saturated carbocycles. The number of hydrogen-bond acceptors (Lipinski definition) is 7. The minimum absolute atomic E-state index is 0.114. The maximum atomic E-state index is 12.2. The van der Waals surface area contributed by atoms with Crippen molar-refractivity contribution in [2.75, 3.05) is 0 Å². The monoisotopic (exact) mass is 422 g/mol. The molecule has 1 rings (SSSR count). The minimum atomic E-state index is -1.31. The SMILES string of the molecule is CCCCC(=O)Oc1cc(C(=O)O)cc(OC(=O)CCCC)c1OC(=O)CCCC. The van der Waals surface area contributed by atoms with Crippen molar-refractivity contribution in [2.45, 2.75) is 78.6 Å². The summed E-state index contributed by atoms with van der Waals surface area (Å²) in [6, 6.07) is 2.16. The molecule has 0 aliphatic heterocycles. The number of hydrogen-bond donors (Lipinski definition) is 1. The highest BCUT2D eigenvalue weighted by atomic mass is 16.6. The van der Waals surface area contributed by atoms with Gasteiger partial charge < -0.3 is 19.3 Å². The first-order valence-corrected chi connectivity index (χ1v) is 10.4. The smallest absolute Gasteiger partial charge is 0.335 e. The Kier molecular flexibility index (Phi) is 11.2. The predicted octanol–water partition coefficient (Wildman–Crippen LogP) is 4.67. The average Bonchev–Trinajstić information content (AvgIpc) is 2.70. The number of carboxylic acids is 1. The molecule has 0 saturated heterocycles. The van der Waals surface area contributed by atoms with Gasteiger partial charge in [-0.3, -0.25) is 14.4 Å². The summed E-state index contributed by atoms with van der Waals surface area (Å²) in [4.78, 5) is 47.9. The zero-order chi connectivity index (χ0) is 22.5. The van der Waals surface area contributed by atoms with Crippen LogP contribution in [-0.4, -0.2) is 29.0 Å². The first-order valence-electron chi connectivity index (χ1n) is 10.4. The molecular weight excluding hydrogens is 392 g/mol. The predicted molar refractivity (Wildman–Crippen MR) is 109 cm³/mol. The molecule has 0 unspecified atom stereocenters. The molecule has 166 valence electrons. The van der Waals surface area contributed by atoms with Crippen molar-refractivity contribution in [3.63, 3.8) is 0 Å². The van der Waals surface area contributed by atoms with Crippen molar-refractivity contribution in [3.05, 3.63) is 17.7 Å². The number of benzene rings is 1. The van der Waals surface area contributed by atoms with E-state index in [-0.39, 0.29) is 42.1 Å². The number of aromatic carboxylic acids is 1. The summed E-state index contributed by atoms with van der Waals surface area (Å²) in [5, 5.41) is 9.39. The largest absolute Gasteiger partial charge is 0.478 e. The van der Waals surface area contributed by atoms with Gasteiger partial charge in [0.25, 0.3) is 0 Å². The highest BCUT2D eigenvalue weighted by Gasteiger charge is 2.24. The summed E-state index contributed by atoms with van der Waals surface area (Å²) in [5.41, 5.74) is -0.264. The molecule has 1 aromatic carbocycles. The third-order valence-electron chi connectivity index (χ3n) is 4.13. The number of carboxylic acid groups (broad SMARTS) is 1.